The summed E-state index contributed by atoms with van der Waals surface area (Å²) in [6, 6.07) is 0. The van der Waals surface area contributed by atoms with E-state index in [4.69, 9.17) is 0 Å². The van der Waals surface area contributed by atoms with Crippen molar-refractivity contribution in [1.29, 1.82) is 0 Å². The number of unbranched alkanes of at least 4 members (excludes halogenated alkanes) is 1. The third-order valence-electron chi connectivity index (χ3n) is 3.23. The van der Waals surface area contributed by atoms with Crippen LogP contribution in [-0.4, -0.2) is 7.05 Å². The van der Waals surface area contributed by atoms with Crippen LogP contribution in [0.4, 0.5) is 0 Å². The number of allylic oxidation sites excluding steroid dienone is 3. The van der Waals surface area contributed by atoms with E-state index in [1.807, 2.05) is 6.08 Å². The molecule has 1 aliphatic rings. The van der Waals surface area contributed by atoms with Gasteiger partial charge in [0.1, 0.15) is 0 Å². The van der Waals surface area contributed by atoms with E-state index in [2.05, 4.69) is 25.9 Å². The van der Waals surface area contributed by atoms with Crippen LogP contribution in [0.5, 0.6) is 0 Å². The number of nitrogens with one attached hydrogen (secondary N) is 1. The molecule has 1 N–H and O–H groups in total. The van der Waals surface area contributed by atoms with Crippen LogP contribution in [0.1, 0.15) is 45.4 Å². The molecule has 0 radical (unpaired) electrons. The Balaban J connectivity index is 2.51. The van der Waals surface area contributed by atoms with Crippen LogP contribution in [0.3, 0.4) is 0 Å². The van der Waals surface area contributed by atoms with Crippen LogP contribution < -0.4 is 5.32 Å². The standard InChI is InChI=1S/C13H23N/c1-4-6-7-8-12-10-9-11(5-2)13(12)14-3/h4,11,14H,1,5-10H2,2-3H3. The predicted octanol–water partition coefficient (Wildman–Crippen LogP) is 3.64. The van der Waals surface area contributed by atoms with Crippen molar-refractivity contribution in [3.8, 4) is 0 Å². The largest absolute Gasteiger partial charge is 0.391 e. The van der Waals surface area contributed by atoms with E-state index in [9.17, 15) is 0 Å². The minimum atomic E-state index is 0.804. The lowest BCUT2D eigenvalue weighted by Gasteiger charge is -2.13. The van der Waals surface area contributed by atoms with E-state index < -0.39 is 0 Å². The quantitative estimate of drug-likeness (QED) is 0.501. The Hall–Kier alpha value is -0.720. The van der Waals surface area contributed by atoms with E-state index >= 15 is 0 Å². The van der Waals surface area contributed by atoms with Crippen molar-refractivity contribution in [2.75, 3.05) is 7.05 Å². The molecule has 0 aromatic carbocycles. The number of rotatable bonds is 6. The normalized spacial score (nSPS) is 21.4. The van der Waals surface area contributed by atoms with Gasteiger partial charge in [0.15, 0.2) is 0 Å². The Morgan fingerprint density at radius 3 is 2.93 bits per heavy atom. The molecule has 1 unspecified atom stereocenters. The Morgan fingerprint density at radius 2 is 2.36 bits per heavy atom. The highest BCUT2D eigenvalue weighted by Crippen LogP contribution is 2.34. The second kappa shape index (κ2) is 5.90. The molecule has 0 fully saturated rings. The fourth-order valence-corrected chi connectivity index (χ4v) is 2.42. The lowest BCUT2D eigenvalue weighted by atomic mass is 10.0. The lowest BCUT2D eigenvalue weighted by Crippen LogP contribution is -2.13. The average Bonchev–Trinajstić information content (AvgIpc) is 2.60. The zero-order valence-corrected chi connectivity index (χ0v) is 9.60. The third-order valence-corrected chi connectivity index (χ3v) is 3.23. The fourth-order valence-electron chi connectivity index (χ4n) is 2.42. The summed E-state index contributed by atoms with van der Waals surface area (Å²) in [6.45, 7) is 6.05. The van der Waals surface area contributed by atoms with Gasteiger partial charge >= 0.3 is 0 Å². The summed E-state index contributed by atoms with van der Waals surface area (Å²) in [5.74, 6) is 0.804. The van der Waals surface area contributed by atoms with Gasteiger partial charge in [-0.3, -0.25) is 0 Å². The molecule has 1 aliphatic carbocycles. The van der Waals surface area contributed by atoms with Crippen LogP contribution in [0, 0.1) is 5.92 Å². The molecular formula is C13H23N. The van der Waals surface area contributed by atoms with Gasteiger partial charge in [-0.25, -0.2) is 0 Å². The van der Waals surface area contributed by atoms with Gasteiger partial charge in [-0.15, -0.1) is 6.58 Å². The minimum absolute atomic E-state index is 0.804. The summed E-state index contributed by atoms with van der Waals surface area (Å²) in [7, 11) is 2.07. The predicted molar refractivity (Wildman–Crippen MR) is 63.1 cm³/mol. The first-order valence-electron chi connectivity index (χ1n) is 5.84. The van der Waals surface area contributed by atoms with Gasteiger partial charge in [0.05, 0.1) is 0 Å². The lowest BCUT2D eigenvalue weighted by molar-refractivity contribution is 0.559. The van der Waals surface area contributed by atoms with Gasteiger partial charge in [-0.1, -0.05) is 18.6 Å². The van der Waals surface area contributed by atoms with Gasteiger partial charge in [-0.05, 0) is 44.4 Å². The molecule has 0 saturated heterocycles. The molecule has 0 bridgehead atoms. The zero-order valence-electron chi connectivity index (χ0n) is 9.60. The fraction of sp³-hybridized carbons (Fsp3) is 0.692. The van der Waals surface area contributed by atoms with Crippen LogP contribution in [0.2, 0.25) is 0 Å². The molecule has 0 saturated carbocycles. The molecule has 1 rings (SSSR count). The van der Waals surface area contributed by atoms with Crippen molar-refractivity contribution >= 4 is 0 Å². The Labute approximate surface area is 88.3 Å². The second-order valence-electron chi connectivity index (χ2n) is 4.09. The van der Waals surface area contributed by atoms with Crippen molar-refractivity contribution in [1.82, 2.24) is 5.32 Å². The summed E-state index contributed by atoms with van der Waals surface area (Å²) in [5.41, 5.74) is 3.21. The Morgan fingerprint density at radius 1 is 1.57 bits per heavy atom. The molecule has 1 nitrogen and oxygen atoms in total. The van der Waals surface area contributed by atoms with Gasteiger partial charge in [0.2, 0.25) is 0 Å². The van der Waals surface area contributed by atoms with Crippen LogP contribution >= 0.6 is 0 Å². The second-order valence-corrected chi connectivity index (χ2v) is 4.09. The summed E-state index contributed by atoms with van der Waals surface area (Å²) in [5, 5.41) is 3.40. The molecule has 0 aliphatic heterocycles. The van der Waals surface area contributed by atoms with E-state index in [0.717, 1.165) is 12.3 Å². The number of hydrogen-bond donors (Lipinski definition) is 1. The van der Waals surface area contributed by atoms with E-state index in [0.29, 0.717) is 0 Å². The molecule has 0 aromatic heterocycles. The number of hydrogen-bond acceptors (Lipinski definition) is 1. The summed E-state index contributed by atoms with van der Waals surface area (Å²) >= 11 is 0. The maximum Gasteiger partial charge on any atom is 0.0127 e. The van der Waals surface area contributed by atoms with Crippen LogP contribution in [0.25, 0.3) is 0 Å². The average molecular weight is 193 g/mol. The minimum Gasteiger partial charge on any atom is -0.391 e. The van der Waals surface area contributed by atoms with E-state index in [1.54, 1.807) is 5.57 Å². The molecule has 0 spiro atoms. The molecule has 0 aromatic rings. The van der Waals surface area contributed by atoms with Gasteiger partial charge in [-0.2, -0.15) is 0 Å². The molecule has 1 heteroatoms. The maximum atomic E-state index is 3.76. The van der Waals surface area contributed by atoms with Crippen molar-refractivity contribution in [3.05, 3.63) is 23.9 Å². The smallest absolute Gasteiger partial charge is 0.0127 e. The van der Waals surface area contributed by atoms with E-state index in [-0.39, 0.29) is 0 Å². The highest BCUT2D eigenvalue weighted by atomic mass is 14.9. The SMILES string of the molecule is C=CCCCC1=C(NC)C(CC)CC1. The van der Waals surface area contributed by atoms with Crippen molar-refractivity contribution in [2.24, 2.45) is 5.92 Å². The van der Waals surface area contributed by atoms with Crippen LogP contribution in [-0.2, 0) is 0 Å². The highest BCUT2D eigenvalue weighted by Gasteiger charge is 2.22. The molecular weight excluding hydrogens is 170 g/mol. The van der Waals surface area contributed by atoms with Crippen molar-refractivity contribution < 1.29 is 0 Å². The molecule has 1 atom stereocenters. The third kappa shape index (κ3) is 2.63. The zero-order chi connectivity index (χ0) is 10.4. The van der Waals surface area contributed by atoms with Crippen molar-refractivity contribution in [3.63, 3.8) is 0 Å². The topological polar surface area (TPSA) is 12.0 Å². The first kappa shape index (κ1) is 11.4. The van der Waals surface area contributed by atoms with Gasteiger partial charge in [0, 0.05) is 12.7 Å². The molecule has 14 heavy (non-hydrogen) atoms. The Bertz CT molecular complexity index is 215. The molecule has 0 heterocycles. The first-order valence-corrected chi connectivity index (χ1v) is 5.84. The summed E-state index contributed by atoms with van der Waals surface area (Å²) < 4.78 is 0. The van der Waals surface area contributed by atoms with Gasteiger partial charge in [0.25, 0.3) is 0 Å². The summed E-state index contributed by atoms with van der Waals surface area (Å²) in [4.78, 5) is 0. The Kier molecular flexibility index (Phi) is 4.78. The first-order chi connectivity index (χ1) is 6.83. The maximum absolute atomic E-state index is 3.76. The highest BCUT2D eigenvalue weighted by molar-refractivity contribution is 5.21. The molecule has 0 amide bonds. The van der Waals surface area contributed by atoms with Crippen LogP contribution in [0.15, 0.2) is 23.9 Å². The van der Waals surface area contributed by atoms with E-state index in [1.165, 1.54) is 37.8 Å². The van der Waals surface area contributed by atoms with Gasteiger partial charge < -0.3 is 5.32 Å². The monoisotopic (exact) mass is 193 g/mol. The molecule has 80 valence electrons. The summed E-state index contributed by atoms with van der Waals surface area (Å²) in [6.07, 6.45) is 9.64. The van der Waals surface area contributed by atoms with Crippen molar-refractivity contribution in [2.45, 2.75) is 45.4 Å².